The molecule has 114 valence electrons. The van der Waals surface area contributed by atoms with Crippen molar-refractivity contribution in [3.8, 4) is 5.75 Å². The number of carbonyl (C=O) groups excluding carboxylic acids is 2. The molecule has 1 aromatic rings. The smallest absolute Gasteiger partial charge is 0.324 e. The summed E-state index contributed by atoms with van der Waals surface area (Å²) in [6, 6.07) is 4.11. The number of methoxy groups -OCH3 is 1. The van der Waals surface area contributed by atoms with Gasteiger partial charge in [0.25, 0.3) is 0 Å². The Hall–Kier alpha value is -1.76. The molecule has 0 spiro atoms. The van der Waals surface area contributed by atoms with E-state index in [0.717, 1.165) is 11.3 Å². The highest BCUT2D eigenvalue weighted by atomic mass is 32.2. The minimum absolute atomic E-state index is 0.0897. The molecule has 0 atom stereocenters. The second-order valence-corrected chi connectivity index (χ2v) is 5.67. The molecule has 1 heterocycles. The van der Waals surface area contributed by atoms with Crippen LogP contribution in [-0.2, 0) is 10.5 Å². The third kappa shape index (κ3) is 4.10. The van der Waals surface area contributed by atoms with Crippen molar-refractivity contribution in [2.75, 3.05) is 26.0 Å². The van der Waals surface area contributed by atoms with E-state index in [2.05, 4.69) is 5.32 Å². The van der Waals surface area contributed by atoms with Crippen molar-refractivity contribution in [1.29, 1.82) is 0 Å². The third-order valence-corrected chi connectivity index (χ3v) is 4.20. The molecule has 0 bridgehead atoms. The van der Waals surface area contributed by atoms with Crippen LogP contribution in [0.1, 0.15) is 12.0 Å². The van der Waals surface area contributed by atoms with Crippen LogP contribution >= 0.6 is 11.8 Å². The number of imide groups is 1. The van der Waals surface area contributed by atoms with Crippen molar-refractivity contribution in [2.45, 2.75) is 12.2 Å². The maximum absolute atomic E-state index is 13.2. The summed E-state index contributed by atoms with van der Waals surface area (Å²) in [5, 5.41) is 2.48. The van der Waals surface area contributed by atoms with E-state index in [1.54, 1.807) is 24.9 Å². The van der Waals surface area contributed by atoms with Crippen molar-refractivity contribution in [1.82, 2.24) is 10.2 Å². The van der Waals surface area contributed by atoms with E-state index in [4.69, 9.17) is 4.74 Å². The first kappa shape index (κ1) is 15.6. The predicted octanol–water partition coefficient (Wildman–Crippen LogP) is 2.01. The summed E-state index contributed by atoms with van der Waals surface area (Å²) < 4.78 is 18.4. The van der Waals surface area contributed by atoms with E-state index in [-0.39, 0.29) is 24.3 Å². The van der Waals surface area contributed by atoms with Gasteiger partial charge in [-0.05, 0) is 30.4 Å². The van der Waals surface area contributed by atoms with Gasteiger partial charge in [-0.25, -0.2) is 9.18 Å². The molecule has 0 aliphatic carbocycles. The second-order valence-electron chi connectivity index (χ2n) is 4.57. The summed E-state index contributed by atoms with van der Waals surface area (Å²) in [5.41, 5.74) is 0.803. The summed E-state index contributed by atoms with van der Waals surface area (Å²) in [6.45, 7) is 0.504. The summed E-state index contributed by atoms with van der Waals surface area (Å²) in [5.74, 6) is 1.60. The number of rotatable bonds is 7. The van der Waals surface area contributed by atoms with Crippen LogP contribution in [0.5, 0.6) is 5.75 Å². The Labute approximate surface area is 126 Å². The lowest BCUT2D eigenvalue weighted by molar-refractivity contribution is -0.124. The maximum Gasteiger partial charge on any atom is 0.324 e. The number of ether oxygens (including phenoxy) is 1. The fraction of sp³-hybridized carbons (Fsp3) is 0.429. The van der Waals surface area contributed by atoms with Crippen molar-refractivity contribution < 1.29 is 18.7 Å². The minimum Gasteiger partial charge on any atom is -0.496 e. The van der Waals surface area contributed by atoms with E-state index in [0.29, 0.717) is 24.5 Å². The zero-order valence-corrected chi connectivity index (χ0v) is 12.5. The van der Waals surface area contributed by atoms with Gasteiger partial charge in [0.2, 0.25) is 5.91 Å². The van der Waals surface area contributed by atoms with E-state index in [1.807, 2.05) is 0 Å². The molecule has 3 amide bonds. The number of thioether (sulfide) groups is 1. The summed E-state index contributed by atoms with van der Waals surface area (Å²) >= 11 is 1.61. The van der Waals surface area contributed by atoms with E-state index in [1.165, 1.54) is 17.0 Å². The average molecular weight is 312 g/mol. The number of nitrogens with one attached hydrogen (secondary N) is 1. The molecule has 1 fully saturated rings. The summed E-state index contributed by atoms with van der Waals surface area (Å²) in [4.78, 5) is 23.9. The standard InChI is InChI=1S/C14H17FN2O3S/c1-20-12-4-3-11(15)7-10(12)9-21-6-2-5-17-13(18)8-16-14(17)19/h3-4,7H,2,5-6,8-9H2,1H3,(H,16,19). The highest BCUT2D eigenvalue weighted by Gasteiger charge is 2.27. The number of carbonyl (C=O) groups is 2. The first-order chi connectivity index (χ1) is 10.1. The SMILES string of the molecule is COc1ccc(F)cc1CSCCCN1C(=O)CNC1=O. The summed E-state index contributed by atoms with van der Waals surface area (Å²) in [6.07, 6.45) is 0.710. The molecule has 2 rings (SSSR count). The number of hydrogen-bond acceptors (Lipinski definition) is 4. The molecule has 1 N–H and O–H groups in total. The third-order valence-electron chi connectivity index (χ3n) is 3.11. The number of halogens is 1. The van der Waals surface area contributed by atoms with E-state index < -0.39 is 0 Å². The molecule has 1 aromatic carbocycles. The van der Waals surface area contributed by atoms with Crippen molar-refractivity contribution in [3.05, 3.63) is 29.6 Å². The molecule has 5 nitrogen and oxygen atoms in total. The lowest BCUT2D eigenvalue weighted by atomic mass is 10.2. The first-order valence-corrected chi connectivity index (χ1v) is 7.75. The van der Waals surface area contributed by atoms with Gasteiger partial charge in [0, 0.05) is 17.9 Å². The van der Waals surface area contributed by atoms with Gasteiger partial charge in [0.15, 0.2) is 0 Å². The van der Waals surface area contributed by atoms with Gasteiger partial charge >= 0.3 is 6.03 Å². The molecule has 21 heavy (non-hydrogen) atoms. The Morgan fingerprint density at radius 2 is 2.24 bits per heavy atom. The van der Waals surface area contributed by atoms with Crippen LogP contribution in [0.15, 0.2) is 18.2 Å². The lowest BCUT2D eigenvalue weighted by Crippen LogP contribution is -2.32. The number of hydrogen-bond donors (Lipinski definition) is 1. The van der Waals surface area contributed by atoms with Gasteiger partial charge in [-0.2, -0.15) is 11.8 Å². The van der Waals surface area contributed by atoms with Crippen LogP contribution in [0.3, 0.4) is 0 Å². The zero-order valence-electron chi connectivity index (χ0n) is 11.7. The Balaban J connectivity index is 1.74. The number of amides is 3. The molecule has 0 radical (unpaired) electrons. The van der Waals surface area contributed by atoms with Crippen molar-refractivity contribution in [3.63, 3.8) is 0 Å². The molecule has 0 aromatic heterocycles. The van der Waals surface area contributed by atoms with Crippen LogP contribution < -0.4 is 10.1 Å². The van der Waals surface area contributed by atoms with Gasteiger partial charge in [0.1, 0.15) is 11.6 Å². The second kappa shape index (κ2) is 7.31. The fourth-order valence-corrected chi connectivity index (χ4v) is 2.97. The molecular formula is C14H17FN2O3S. The lowest BCUT2D eigenvalue weighted by Gasteiger charge is -2.12. The van der Waals surface area contributed by atoms with Crippen LogP contribution in [0.25, 0.3) is 0 Å². The molecule has 1 aliphatic heterocycles. The van der Waals surface area contributed by atoms with Gasteiger partial charge in [-0.15, -0.1) is 0 Å². The highest BCUT2D eigenvalue weighted by molar-refractivity contribution is 7.98. The first-order valence-electron chi connectivity index (χ1n) is 6.60. The number of urea groups is 1. The van der Waals surface area contributed by atoms with E-state index >= 15 is 0 Å². The van der Waals surface area contributed by atoms with Crippen LogP contribution in [0.4, 0.5) is 9.18 Å². The topological polar surface area (TPSA) is 58.6 Å². The van der Waals surface area contributed by atoms with Crippen LogP contribution in [-0.4, -0.2) is 42.8 Å². The Morgan fingerprint density at radius 3 is 2.90 bits per heavy atom. The van der Waals surface area contributed by atoms with Gasteiger partial charge in [-0.3, -0.25) is 9.69 Å². The molecule has 7 heteroatoms. The minimum atomic E-state index is -0.322. The zero-order chi connectivity index (χ0) is 15.2. The molecule has 1 aliphatic rings. The number of nitrogens with zero attached hydrogens (tertiary/aromatic N) is 1. The quantitative estimate of drug-likeness (QED) is 0.618. The van der Waals surface area contributed by atoms with Crippen molar-refractivity contribution in [2.24, 2.45) is 0 Å². The monoisotopic (exact) mass is 312 g/mol. The largest absolute Gasteiger partial charge is 0.496 e. The Morgan fingerprint density at radius 1 is 1.43 bits per heavy atom. The molecule has 1 saturated heterocycles. The normalized spacial score (nSPS) is 14.5. The summed E-state index contributed by atoms with van der Waals surface area (Å²) in [7, 11) is 1.55. The fourth-order valence-electron chi connectivity index (χ4n) is 2.05. The average Bonchev–Trinajstić information content (AvgIpc) is 2.78. The molecule has 0 saturated carbocycles. The van der Waals surface area contributed by atoms with Crippen molar-refractivity contribution >= 4 is 23.7 Å². The van der Waals surface area contributed by atoms with Gasteiger partial charge in [-0.1, -0.05) is 0 Å². The van der Waals surface area contributed by atoms with Crippen LogP contribution in [0.2, 0.25) is 0 Å². The Kier molecular flexibility index (Phi) is 5.44. The van der Waals surface area contributed by atoms with Gasteiger partial charge < -0.3 is 10.1 Å². The van der Waals surface area contributed by atoms with Gasteiger partial charge in [0.05, 0.1) is 13.7 Å². The van der Waals surface area contributed by atoms with Crippen LogP contribution in [0, 0.1) is 5.82 Å². The Bertz CT molecular complexity index is 523. The molecule has 0 unspecified atom stereocenters. The highest BCUT2D eigenvalue weighted by Crippen LogP contribution is 2.24. The molecular weight excluding hydrogens is 295 g/mol. The number of benzene rings is 1. The predicted molar refractivity (Wildman–Crippen MR) is 78.8 cm³/mol. The van der Waals surface area contributed by atoms with E-state index in [9.17, 15) is 14.0 Å². The maximum atomic E-state index is 13.2.